The van der Waals surface area contributed by atoms with Gasteiger partial charge in [0.1, 0.15) is 0 Å². The number of hydrogen-bond acceptors (Lipinski definition) is 4. The predicted molar refractivity (Wildman–Crippen MR) is 70.9 cm³/mol. The van der Waals surface area contributed by atoms with E-state index in [1.54, 1.807) is 12.4 Å². The van der Waals surface area contributed by atoms with Gasteiger partial charge >= 0.3 is 0 Å². The minimum absolute atomic E-state index is 0.0174. The molecule has 5 nitrogen and oxygen atoms in total. The summed E-state index contributed by atoms with van der Waals surface area (Å²) >= 11 is 0. The Hall–Kier alpha value is -1.49. The fraction of sp³-hybridized carbons (Fsp3) is 0.615. The largest absolute Gasteiger partial charge is 0.354 e. The molecule has 18 heavy (non-hydrogen) atoms. The fourth-order valence-corrected chi connectivity index (χ4v) is 1.32. The van der Waals surface area contributed by atoms with Crippen LogP contribution < -0.4 is 10.6 Å². The second-order valence-electron chi connectivity index (χ2n) is 4.89. The maximum Gasteiger partial charge on any atom is 0.236 e. The van der Waals surface area contributed by atoms with Gasteiger partial charge in [-0.2, -0.15) is 0 Å². The molecule has 0 aliphatic heterocycles. The van der Waals surface area contributed by atoms with Gasteiger partial charge in [0.2, 0.25) is 5.91 Å². The Morgan fingerprint density at radius 2 is 2.00 bits per heavy atom. The lowest BCUT2D eigenvalue weighted by atomic mass is 10.2. The van der Waals surface area contributed by atoms with E-state index in [1.807, 2.05) is 13.8 Å². The number of aromatic nitrogens is 2. The van der Waals surface area contributed by atoms with Crippen LogP contribution in [0.1, 0.15) is 32.2 Å². The molecule has 1 atom stereocenters. The van der Waals surface area contributed by atoms with Gasteiger partial charge in [0, 0.05) is 25.5 Å². The van der Waals surface area contributed by atoms with Gasteiger partial charge in [0.25, 0.3) is 0 Å². The lowest BCUT2D eigenvalue weighted by Gasteiger charge is -2.14. The first-order chi connectivity index (χ1) is 8.49. The molecular weight excluding hydrogens is 228 g/mol. The van der Waals surface area contributed by atoms with Gasteiger partial charge in [-0.15, -0.1) is 0 Å². The molecular formula is C13H22N4O. The summed E-state index contributed by atoms with van der Waals surface area (Å²) in [4.78, 5) is 20.1. The first-order valence-corrected chi connectivity index (χ1v) is 6.27. The summed E-state index contributed by atoms with van der Waals surface area (Å²) in [5.74, 6) is 0.480. The molecule has 1 aromatic heterocycles. The molecule has 0 bridgehead atoms. The van der Waals surface area contributed by atoms with Crippen LogP contribution in [-0.2, 0) is 11.3 Å². The van der Waals surface area contributed by atoms with Crippen LogP contribution in [0.15, 0.2) is 12.4 Å². The maximum atomic E-state index is 11.7. The molecule has 0 aliphatic carbocycles. The van der Waals surface area contributed by atoms with Crippen molar-refractivity contribution in [1.82, 2.24) is 20.6 Å². The molecule has 5 heteroatoms. The van der Waals surface area contributed by atoms with Crippen molar-refractivity contribution in [2.75, 3.05) is 6.54 Å². The van der Waals surface area contributed by atoms with Crippen molar-refractivity contribution in [3.63, 3.8) is 0 Å². The van der Waals surface area contributed by atoms with Crippen LogP contribution in [-0.4, -0.2) is 28.5 Å². The lowest BCUT2D eigenvalue weighted by molar-refractivity contribution is -0.122. The Bertz CT molecular complexity index is 375. The Morgan fingerprint density at radius 1 is 1.28 bits per heavy atom. The minimum atomic E-state index is -0.230. The molecule has 0 saturated carbocycles. The standard InChI is InChI=1S/C13H22N4O/c1-9(2)5-17-13(18)11(4)15-8-12-7-14-10(3)6-16-12/h6-7,9,11,15H,5,8H2,1-4H3,(H,17,18). The number of rotatable bonds is 6. The highest BCUT2D eigenvalue weighted by atomic mass is 16.2. The number of carbonyl (C=O) groups excluding carboxylic acids is 1. The van der Waals surface area contributed by atoms with Crippen LogP contribution >= 0.6 is 0 Å². The van der Waals surface area contributed by atoms with Crippen LogP contribution in [0.2, 0.25) is 0 Å². The predicted octanol–water partition coefficient (Wildman–Crippen LogP) is 1.04. The molecule has 1 heterocycles. The minimum Gasteiger partial charge on any atom is -0.354 e. The molecule has 0 fully saturated rings. The molecule has 0 aliphatic rings. The number of nitrogens with zero attached hydrogens (tertiary/aromatic N) is 2. The van der Waals surface area contributed by atoms with Crippen LogP contribution in [0.5, 0.6) is 0 Å². The van der Waals surface area contributed by atoms with Gasteiger partial charge in [0.15, 0.2) is 0 Å². The van der Waals surface area contributed by atoms with Gasteiger partial charge < -0.3 is 10.6 Å². The van der Waals surface area contributed by atoms with Gasteiger partial charge in [-0.05, 0) is 19.8 Å². The molecule has 0 spiro atoms. The highest BCUT2D eigenvalue weighted by molar-refractivity contribution is 5.81. The van der Waals surface area contributed by atoms with Crippen molar-refractivity contribution in [3.8, 4) is 0 Å². The normalized spacial score (nSPS) is 12.5. The van der Waals surface area contributed by atoms with E-state index in [0.29, 0.717) is 19.0 Å². The summed E-state index contributed by atoms with van der Waals surface area (Å²) in [6.07, 6.45) is 3.45. The smallest absolute Gasteiger partial charge is 0.236 e. The maximum absolute atomic E-state index is 11.7. The Balaban J connectivity index is 2.34. The molecule has 1 amide bonds. The lowest BCUT2D eigenvalue weighted by Crippen LogP contribution is -2.43. The van der Waals surface area contributed by atoms with Crippen molar-refractivity contribution in [3.05, 3.63) is 23.8 Å². The molecule has 2 N–H and O–H groups in total. The summed E-state index contributed by atoms with van der Waals surface area (Å²) in [7, 11) is 0. The topological polar surface area (TPSA) is 66.9 Å². The molecule has 1 aromatic rings. The zero-order chi connectivity index (χ0) is 13.5. The fourth-order valence-electron chi connectivity index (χ4n) is 1.32. The number of amides is 1. The van der Waals surface area contributed by atoms with E-state index in [2.05, 4.69) is 34.4 Å². The van der Waals surface area contributed by atoms with E-state index in [4.69, 9.17) is 0 Å². The highest BCUT2D eigenvalue weighted by Crippen LogP contribution is 1.95. The first-order valence-electron chi connectivity index (χ1n) is 6.27. The van der Waals surface area contributed by atoms with Crippen molar-refractivity contribution in [2.45, 2.75) is 40.3 Å². The van der Waals surface area contributed by atoms with Crippen molar-refractivity contribution in [1.29, 1.82) is 0 Å². The Morgan fingerprint density at radius 3 is 2.56 bits per heavy atom. The first kappa shape index (κ1) is 14.6. The van der Waals surface area contributed by atoms with E-state index >= 15 is 0 Å². The molecule has 1 unspecified atom stereocenters. The highest BCUT2D eigenvalue weighted by Gasteiger charge is 2.12. The number of nitrogens with one attached hydrogen (secondary N) is 2. The van der Waals surface area contributed by atoms with Gasteiger partial charge in [-0.3, -0.25) is 14.8 Å². The zero-order valence-electron chi connectivity index (χ0n) is 11.5. The second kappa shape index (κ2) is 7.06. The number of aryl methyl sites for hydroxylation is 1. The molecule has 0 aromatic carbocycles. The summed E-state index contributed by atoms with van der Waals surface area (Å²) in [5.41, 5.74) is 1.73. The van der Waals surface area contributed by atoms with Crippen LogP contribution in [0.3, 0.4) is 0 Å². The summed E-state index contributed by atoms with van der Waals surface area (Å²) in [6.45, 7) is 9.13. The quantitative estimate of drug-likeness (QED) is 0.791. The van der Waals surface area contributed by atoms with Crippen molar-refractivity contribution >= 4 is 5.91 Å². The number of hydrogen-bond donors (Lipinski definition) is 2. The summed E-state index contributed by atoms with van der Waals surface area (Å²) in [6, 6.07) is -0.230. The molecule has 100 valence electrons. The third-order valence-corrected chi connectivity index (χ3v) is 2.50. The van der Waals surface area contributed by atoms with Gasteiger partial charge in [-0.1, -0.05) is 13.8 Å². The summed E-state index contributed by atoms with van der Waals surface area (Å²) < 4.78 is 0. The SMILES string of the molecule is Cc1cnc(CNC(C)C(=O)NCC(C)C)cn1. The van der Waals surface area contributed by atoms with E-state index in [9.17, 15) is 4.79 Å². The third kappa shape index (κ3) is 5.23. The van der Waals surface area contributed by atoms with E-state index < -0.39 is 0 Å². The van der Waals surface area contributed by atoms with Gasteiger partial charge in [0.05, 0.1) is 17.4 Å². The monoisotopic (exact) mass is 250 g/mol. The Labute approximate surface area is 108 Å². The van der Waals surface area contributed by atoms with Crippen LogP contribution in [0.25, 0.3) is 0 Å². The number of carbonyl (C=O) groups is 1. The average molecular weight is 250 g/mol. The second-order valence-corrected chi connectivity index (χ2v) is 4.89. The molecule has 0 saturated heterocycles. The zero-order valence-corrected chi connectivity index (χ0v) is 11.5. The summed E-state index contributed by atoms with van der Waals surface area (Å²) in [5, 5.41) is 6.02. The Kier molecular flexibility index (Phi) is 5.71. The van der Waals surface area contributed by atoms with Crippen LogP contribution in [0.4, 0.5) is 0 Å². The van der Waals surface area contributed by atoms with Crippen molar-refractivity contribution in [2.24, 2.45) is 5.92 Å². The van der Waals surface area contributed by atoms with E-state index in [-0.39, 0.29) is 11.9 Å². The van der Waals surface area contributed by atoms with E-state index in [1.165, 1.54) is 0 Å². The average Bonchev–Trinajstić information content (AvgIpc) is 2.34. The molecule has 1 rings (SSSR count). The third-order valence-electron chi connectivity index (χ3n) is 2.50. The van der Waals surface area contributed by atoms with Crippen molar-refractivity contribution < 1.29 is 4.79 Å². The molecule has 0 radical (unpaired) electrons. The van der Waals surface area contributed by atoms with E-state index in [0.717, 1.165) is 11.4 Å². The van der Waals surface area contributed by atoms with Gasteiger partial charge in [-0.25, -0.2) is 0 Å². The van der Waals surface area contributed by atoms with Crippen LogP contribution in [0, 0.1) is 12.8 Å².